The Morgan fingerprint density at radius 1 is 0.806 bits per heavy atom. The lowest BCUT2D eigenvalue weighted by molar-refractivity contribution is 0.102. The van der Waals surface area contributed by atoms with Gasteiger partial charge in [0.05, 0.1) is 11.1 Å². The van der Waals surface area contributed by atoms with E-state index < -0.39 is 5.91 Å². The Labute approximate surface area is 181 Å². The van der Waals surface area contributed by atoms with E-state index in [1.807, 2.05) is 35.7 Å². The number of nitrogens with one attached hydrogen (secondary N) is 2. The summed E-state index contributed by atoms with van der Waals surface area (Å²) in [7, 11) is 0. The van der Waals surface area contributed by atoms with Crippen molar-refractivity contribution in [1.82, 2.24) is 15.2 Å². The van der Waals surface area contributed by atoms with E-state index in [1.54, 1.807) is 24.3 Å². The highest BCUT2D eigenvalue weighted by Crippen LogP contribution is 2.28. The van der Waals surface area contributed by atoms with Gasteiger partial charge in [0.1, 0.15) is 0 Å². The van der Waals surface area contributed by atoms with Crippen LogP contribution in [0.15, 0.2) is 89.0 Å². The molecule has 5 rings (SSSR count). The second kappa shape index (κ2) is 7.97. The van der Waals surface area contributed by atoms with Crippen LogP contribution in [-0.2, 0) is 0 Å². The van der Waals surface area contributed by atoms with Gasteiger partial charge in [-0.3, -0.25) is 14.9 Å². The molecule has 5 aromatic rings. The molecule has 0 fully saturated rings. The highest BCUT2D eigenvalue weighted by Gasteiger charge is 2.16. The Morgan fingerprint density at radius 3 is 2.23 bits per heavy atom. The summed E-state index contributed by atoms with van der Waals surface area (Å²) >= 11 is 1.33. The monoisotopic (exact) mass is 424 g/mol. The lowest BCUT2D eigenvalue weighted by Gasteiger charge is -2.04. The summed E-state index contributed by atoms with van der Waals surface area (Å²) in [6, 6.07) is 25.2. The minimum atomic E-state index is -0.423. The summed E-state index contributed by atoms with van der Waals surface area (Å²) in [5.74, 6) is -0.423. The minimum absolute atomic E-state index is 0.152. The number of thiazole rings is 1. The summed E-state index contributed by atoms with van der Waals surface area (Å²) in [5.41, 5.74) is 3.84. The third-order valence-corrected chi connectivity index (χ3v) is 5.68. The van der Waals surface area contributed by atoms with Gasteiger partial charge in [0.25, 0.3) is 11.5 Å². The summed E-state index contributed by atoms with van der Waals surface area (Å²) in [6.07, 6.45) is 0. The summed E-state index contributed by atoms with van der Waals surface area (Å²) in [6.45, 7) is 0. The number of hydrogen-bond acceptors (Lipinski definition) is 5. The number of carbonyl (C=O) groups is 1. The Morgan fingerprint density at radius 2 is 1.45 bits per heavy atom. The highest BCUT2D eigenvalue weighted by atomic mass is 32.1. The van der Waals surface area contributed by atoms with Crippen LogP contribution >= 0.6 is 11.3 Å². The molecule has 0 saturated carbocycles. The van der Waals surface area contributed by atoms with Crippen LogP contribution in [0.1, 0.15) is 10.5 Å². The topological polar surface area (TPSA) is 87.7 Å². The number of nitrogens with zero attached hydrogens (tertiary/aromatic N) is 2. The van der Waals surface area contributed by atoms with Crippen molar-refractivity contribution < 1.29 is 4.79 Å². The van der Waals surface area contributed by atoms with Crippen molar-refractivity contribution in [3.8, 4) is 22.4 Å². The molecule has 150 valence electrons. The molecule has 0 atom stereocenters. The molecule has 6 nitrogen and oxygen atoms in total. The quantitative estimate of drug-likeness (QED) is 0.427. The van der Waals surface area contributed by atoms with Gasteiger partial charge in [-0.25, -0.2) is 10.1 Å². The Hall–Kier alpha value is -4.10. The molecule has 0 bridgehead atoms. The molecule has 0 aliphatic heterocycles. The van der Waals surface area contributed by atoms with Crippen molar-refractivity contribution in [2.24, 2.45) is 0 Å². The molecule has 0 aliphatic carbocycles. The van der Waals surface area contributed by atoms with Crippen LogP contribution in [0, 0.1) is 0 Å². The lowest BCUT2D eigenvalue weighted by atomic mass is 10.0. The second-order valence-electron chi connectivity index (χ2n) is 6.88. The molecule has 2 heterocycles. The number of benzene rings is 3. The van der Waals surface area contributed by atoms with Crippen LogP contribution in [0.5, 0.6) is 0 Å². The van der Waals surface area contributed by atoms with Crippen molar-refractivity contribution in [3.05, 3.63) is 100 Å². The normalized spacial score (nSPS) is 10.8. The van der Waals surface area contributed by atoms with E-state index in [4.69, 9.17) is 0 Å². The summed E-state index contributed by atoms with van der Waals surface area (Å²) in [5, 5.41) is 12.4. The summed E-state index contributed by atoms with van der Waals surface area (Å²) < 4.78 is 0. The Bertz CT molecular complexity index is 1440. The van der Waals surface area contributed by atoms with E-state index in [0.717, 1.165) is 22.4 Å². The zero-order valence-electron chi connectivity index (χ0n) is 16.2. The van der Waals surface area contributed by atoms with Gasteiger partial charge in [-0.1, -0.05) is 72.8 Å². The smallest absolute Gasteiger partial charge is 0.278 e. The van der Waals surface area contributed by atoms with Gasteiger partial charge in [0.15, 0.2) is 10.8 Å². The highest BCUT2D eigenvalue weighted by molar-refractivity contribution is 7.14. The van der Waals surface area contributed by atoms with Crippen LogP contribution in [-0.4, -0.2) is 21.1 Å². The molecule has 0 spiro atoms. The number of hydrogen-bond donors (Lipinski definition) is 2. The van der Waals surface area contributed by atoms with Crippen LogP contribution in [0.25, 0.3) is 33.2 Å². The number of fused-ring (bicyclic) bond motifs is 1. The first-order valence-electron chi connectivity index (χ1n) is 9.59. The largest absolute Gasteiger partial charge is 0.296 e. The zero-order chi connectivity index (χ0) is 21.2. The molecular formula is C24H16N4O2S. The van der Waals surface area contributed by atoms with Crippen LogP contribution in [0.4, 0.5) is 5.13 Å². The molecule has 0 aliphatic rings. The van der Waals surface area contributed by atoms with Crippen molar-refractivity contribution in [3.63, 3.8) is 0 Å². The maximum absolute atomic E-state index is 12.8. The van der Waals surface area contributed by atoms with Gasteiger partial charge in [-0.05, 0) is 17.2 Å². The standard InChI is InChI=1S/C24H16N4O2S/c29-22-19-9-5-4-8-18(19)21(27-28-22)23(30)26-24-25-20(14-31-24)17-12-10-16(11-13-17)15-6-2-1-3-7-15/h1-14H,(H,28,29)(H,25,26,30). The number of aromatic nitrogens is 3. The van der Waals surface area contributed by atoms with Crippen molar-refractivity contribution in [1.29, 1.82) is 0 Å². The maximum Gasteiger partial charge on any atom is 0.278 e. The number of aromatic amines is 1. The lowest BCUT2D eigenvalue weighted by Crippen LogP contribution is -2.19. The van der Waals surface area contributed by atoms with Gasteiger partial charge < -0.3 is 0 Å². The molecule has 0 radical (unpaired) electrons. The molecule has 1 amide bonds. The number of H-pyrrole nitrogens is 1. The van der Waals surface area contributed by atoms with E-state index in [1.165, 1.54) is 11.3 Å². The van der Waals surface area contributed by atoms with Crippen molar-refractivity contribution >= 4 is 33.1 Å². The SMILES string of the molecule is O=C(Nc1nc(-c2ccc(-c3ccccc3)cc2)cs1)c1n[nH]c(=O)c2ccccc12. The Balaban J connectivity index is 1.37. The Kier molecular flexibility index (Phi) is 4.86. The first kappa shape index (κ1) is 18.9. The van der Waals surface area contributed by atoms with E-state index >= 15 is 0 Å². The van der Waals surface area contributed by atoms with Gasteiger partial charge >= 0.3 is 0 Å². The average Bonchev–Trinajstić information content (AvgIpc) is 3.28. The van der Waals surface area contributed by atoms with E-state index in [0.29, 0.717) is 15.9 Å². The molecular weight excluding hydrogens is 408 g/mol. The second-order valence-corrected chi connectivity index (χ2v) is 7.74. The fourth-order valence-electron chi connectivity index (χ4n) is 3.37. The number of amides is 1. The number of carbonyl (C=O) groups excluding carboxylic acids is 1. The first-order chi connectivity index (χ1) is 15.2. The van der Waals surface area contributed by atoms with E-state index in [2.05, 4.69) is 44.8 Å². The molecule has 7 heteroatoms. The van der Waals surface area contributed by atoms with Crippen molar-refractivity contribution in [2.75, 3.05) is 5.32 Å². The fourth-order valence-corrected chi connectivity index (χ4v) is 4.09. The van der Waals surface area contributed by atoms with Gasteiger partial charge in [0.2, 0.25) is 0 Å². The van der Waals surface area contributed by atoms with E-state index in [9.17, 15) is 9.59 Å². The molecule has 3 aromatic carbocycles. The third kappa shape index (κ3) is 3.74. The third-order valence-electron chi connectivity index (χ3n) is 4.92. The van der Waals surface area contributed by atoms with Gasteiger partial charge in [0, 0.05) is 16.3 Å². The predicted molar refractivity (Wildman–Crippen MR) is 123 cm³/mol. The molecule has 2 aromatic heterocycles. The van der Waals surface area contributed by atoms with Crippen LogP contribution in [0.3, 0.4) is 0 Å². The molecule has 31 heavy (non-hydrogen) atoms. The minimum Gasteiger partial charge on any atom is -0.296 e. The van der Waals surface area contributed by atoms with E-state index in [-0.39, 0.29) is 11.3 Å². The number of anilines is 1. The van der Waals surface area contributed by atoms with Gasteiger partial charge in [-0.2, -0.15) is 5.10 Å². The zero-order valence-corrected chi connectivity index (χ0v) is 17.0. The first-order valence-corrected chi connectivity index (χ1v) is 10.5. The number of rotatable bonds is 4. The van der Waals surface area contributed by atoms with Crippen LogP contribution < -0.4 is 10.9 Å². The van der Waals surface area contributed by atoms with Crippen molar-refractivity contribution in [2.45, 2.75) is 0 Å². The summed E-state index contributed by atoms with van der Waals surface area (Å²) in [4.78, 5) is 29.2. The molecule has 0 saturated heterocycles. The maximum atomic E-state index is 12.8. The fraction of sp³-hybridized carbons (Fsp3) is 0. The molecule has 2 N–H and O–H groups in total. The average molecular weight is 424 g/mol. The van der Waals surface area contributed by atoms with Crippen LogP contribution in [0.2, 0.25) is 0 Å². The van der Waals surface area contributed by atoms with Gasteiger partial charge in [-0.15, -0.1) is 11.3 Å². The molecule has 0 unspecified atom stereocenters. The predicted octanol–water partition coefficient (Wildman–Crippen LogP) is 4.97.